The lowest BCUT2D eigenvalue weighted by molar-refractivity contribution is -0.114. The molecule has 12 heavy (non-hydrogen) atoms. The molecule has 70 valence electrons. The molecule has 0 bridgehead atoms. The molecule has 4 heteroatoms. The second-order valence-corrected chi connectivity index (χ2v) is 6.60. The summed E-state index contributed by atoms with van der Waals surface area (Å²) >= 11 is 8.56. The molecule has 0 saturated carbocycles. The first-order valence-corrected chi connectivity index (χ1v) is 6.50. The molecule has 0 aliphatic rings. The standard InChI is InChI=1S/C8H11Br2IO/c1-2-3-4-5-6(12)7(9)8(10)11/h2-5H2,1H3. The van der Waals surface area contributed by atoms with Crippen molar-refractivity contribution in [2.75, 3.05) is 0 Å². The van der Waals surface area contributed by atoms with Crippen LogP contribution in [0.3, 0.4) is 0 Å². The Morgan fingerprint density at radius 3 is 2.33 bits per heavy atom. The van der Waals surface area contributed by atoms with E-state index in [9.17, 15) is 4.79 Å². The predicted molar refractivity (Wildman–Crippen MR) is 68.0 cm³/mol. The largest absolute Gasteiger partial charge is 0.294 e. The summed E-state index contributed by atoms with van der Waals surface area (Å²) in [6, 6.07) is 0. The lowest BCUT2D eigenvalue weighted by Crippen LogP contribution is -1.97. The van der Waals surface area contributed by atoms with Crippen LogP contribution in [0.25, 0.3) is 0 Å². The molecular formula is C8H11Br2IO. The molecule has 0 fully saturated rings. The first-order chi connectivity index (χ1) is 5.59. The average molecular weight is 410 g/mol. The van der Waals surface area contributed by atoms with Crippen LogP contribution in [0.4, 0.5) is 0 Å². The van der Waals surface area contributed by atoms with E-state index in [-0.39, 0.29) is 5.78 Å². The minimum atomic E-state index is 0.185. The maximum absolute atomic E-state index is 11.3. The minimum Gasteiger partial charge on any atom is -0.294 e. The van der Waals surface area contributed by atoms with Crippen molar-refractivity contribution in [1.82, 2.24) is 0 Å². The molecule has 0 atom stereocenters. The van der Waals surface area contributed by atoms with Crippen molar-refractivity contribution >= 4 is 60.2 Å². The Hall–Kier alpha value is 1.10. The Balaban J connectivity index is 3.81. The first-order valence-electron chi connectivity index (χ1n) is 3.83. The van der Waals surface area contributed by atoms with Gasteiger partial charge < -0.3 is 0 Å². The third kappa shape index (κ3) is 5.70. The Bertz CT molecular complexity index is 185. The van der Waals surface area contributed by atoms with Crippen molar-refractivity contribution < 1.29 is 4.79 Å². The fourth-order valence-corrected chi connectivity index (χ4v) is 1.47. The minimum absolute atomic E-state index is 0.185. The van der Waals surface area contributed by atoms with Crippen LogP contribution < -0.4 is 0 Å². The zero-order valence-corrected chi connectivity index (χ0v) is 12.2. The summed E-state index contributed by atoms with van der Waals surface area (Å²) in [5.41, 5.74) is 0. The second kappa shape index (κ2) is 7.50. The van der Waals surface area contributed by atoms with Gasteiger partial charge in [0.2, 0.25) is 0 Å². The number of hydrogen-bond acceptors (Lipinski definition) is 1. The van der Waals surface area contributed by atoms with E-state index in [4.69, 9.17) is 0 Å². The van der Waals surface area contributed by atoms with Crippen molar-refractivity contribution in [2.24, 2.45) is 0 Å². The van der Waals surface area contributed by atoms with Crippen LogP contribution >= 0.6 is 54.5 Å². The van der Waals surface area contributed by atoms with Gasteiger partial charge in [-0.25, -0.2) is 0 Å². The Morgan fingerprint density at radius 2 is 1.92 bits per heavy atom. The summed E-state index contributed by atoms with van der Waals surface area (Å²) in [5, 5.41) is 0. The number of allylic oxidation sites excluding steroid dienone is 1. The highest BCUT2D eigenvalue weighted by atomic mass is 127. The molecule has 0 amide bonds. The Kier molecular flexibility index (Phi) is 8.19. The van der Waals surface area contributed by atoms with E-state index in [1.807, 2.05) is 0 Å². The molecule has 0 aliphatic heterocycles. The monoisotopic (exact) mass is 408 g/mol. The summed E-state index contributed by atoms with van der Waals surface area (Å²) in [6.07, 6.45) is 3.92. The quantitative estimate of drug-likeness (QED) is 0.370. The maximum atomic E-state index is 11.3. The topological polar surface area (TPSA) is 17.1 Å². The van der Waals surface area contributed by atoms with Crippen molar-refractivity contribution in [3.05, 3.63) is 6.97 Å². The van der Waals surface area contributed by atoms with Crippen molar-refractivity contribution in [3.63, 3.8) is 0 Å². The molecule has 0 radical (unpaired) electrons. The Morgan fingerprint density at radius 1 is 1.33 bits per heavy atom. The van der Waals surface area contributed by atoms with Gasteiger partial charge >= 0.3 is 0 Å². The highest BCUT2D eigenvalue weighted by molar-refractivity contribution is 14.1. The molecule has 0 aromatic rings. The molecule has 0 unspecified atom stereocenters. The second-order valence-electron chi connectivity index (χ2n) is 2.45. The summed E-state index contributed by atoms with van der Waals surface area (Å²) in [4.78, 5) is 11.3. The van der Waals surface area contributed by atoms with E-state index in [1.54, 1.807) is 0 Å². The molecule has 0 aromatic heterocycles. The summed E-state index contributed by atoms with van der Waals surface area (Å²) < 4.78 is 1.51. The number of ketones is 1. The average Bonchev–Trinajstić information content (AvgIpc) is 2.03. The van der Waals surface area contributed by atoms with E-state index >= 15 is 0 Å². The van der Waals surface area contributed by atoms with Crippen LogP contribution in [0.5, 0.6) is 0 Å². The molecule has 0 aromatic carbocycles. The van der Waals surface area contributed by atoms with E-state index in [2.05, 4.69) is 61.4 Å². The summed E-state index contributed by atoms with van der Waals surface area (Å²) in [6.45, 7) is 2.13. The molecule has 0 rings (SSSR count). The van der Waals surface area contributed by atoms with Gasteiger partial charge in [0.05, 0.1) is 6.97 Å². The molecule has 0 aliphatic carbocycles. The highest BCUT2D eigenvalue weighted by Crippen LogP contribution is 2.26. The third-order valence-electron chi connectivity index (χ3n) is 1.42. The van der Waals surface area contributed by atoms with Crippen LogP contribution in [0.15, 0.2) is 6.97 Å². The smallest absolute Gasteiger partial charge is 0.171 e. The normalized spacial score (nSPS) is 12.7. The van der Waals surface area contributed by atoms with Crippen LogP contribution in [0.2, 0.25) is 0 Å². The van der Waals surface area contributed by atoms with E-state index in [1.165, 1.54) is 0 Å². The van der Waals surface area contributed by atoms with Gasteiger partial charge in [-0.2, -0.15) is 0 Å². The number of carbonyl (C=O) groups excluding carboxylic acids is 1. The van der Waals surface area contributed by atoms with Gasteiger partial charge in [0.25, 0.3) is 0 Å². The van der Waals surface area contributed by atoms with Gasteiger partial charge in [0, 0.05) is 6.42 Å². The molecule has 1 nitrogen and oxygen atoms in total. The van der Waals surface area contributed by atoms with E-state index in [0.29, 0.717) is 10.9 Å². The number of carbonyl (C=O) groups is 1. The number of Topliss-reactive ketones (excluding diaryl/α,β-unsaturated/α-hetero) is 1. The van der Waals surface area contributed by atoms with E-state index in [0.717, 1.165) is 21.8 Å². The van der Waals surface area contributed by atoms with Gasteiger partial charge in [0.15, 0.2) is 5.78 Å². The van der Waals surface area contributed by atoms with Crippen LogP contribution in [-0.4, -0.2) is 5.78 Å². The summed E-state index contributed by atoms with van der Waals surface area (Å²) in [5.74, 6) is 0.185. The number of unbranched alkanes of at least 4 members (excludes halogenated alkanes) is 2. The van der Waals surface area contributed by atoms with E-state index < -0.39 is 0 Å². The first kappa shape index (κ1) is 13.1. The van der Waals surface area contributed by atoms with Crippen LogP contribution in [-0.2, 0) is 4.79 Å². The fourth-order valence-electron chi connectivity index (χ4n) is 0.751. The summed E-state index contributed by atoms with van der Waals surface area (Å²) in [7, 11) is 0. The number of halogens is 3. The maximum Gasteiger partial charge on any atom is 0.171 e. The number of rotatable bonds is 5. The zero-order chi connectivity index (χ0) is 9.56. The lowest BCUT2D eigenvalue weighted by Gasteiger charge is -1.98. The van der Waals surface area contributed by atoms with Gasteiger partial charge in [-0.1, -0.05) is 19.8 Å². The predicted octanol–water partition coefficient (Wildman–Crippen LogP) is 4.53. The lowest BCUT2D eigenvalue weighted by atomic mass is 10.1. The van der Waals surface area contributed by atoms with Crippen molar-refractivity contribution in [2.45, 2.75) is 32.6 Å². The van der Waals surface area contributed by atoms with Gasteiger partial charge in [-0.15, -0.1) is 0 Å². The molecular weight excluding hydrogens is 399 g/mol. The van der Waals surface area contributed by atoms with Crippen LogP contribution in [0.1, 0.15) is 32.6 Å². The molecule has 0 N–H and O–H groups in total. The highest BCUT2D eigenvalue weighted by Gasteiger charge is 2.08. The Labute approximate surface area is 104 Å². The molecule has 0 heterocycles. The van der Waals surface area contributed by atoms with Gasteiger partial charge in [-0.05, 0) is 60.9 Å². The zero-order valence-electron chi connectivity index (χ0n) is 6.87. The van der Waals surface area contributed by atoms with Crippen molar-refractivity contribution in [3.8, 4) is 0 Å². The van der Waals surface area contributed by atoms with Crippen LogP contribution in [0, 0.1) is 0 Å². The third-order valence-corrected chi connectivity index (χ3v) is 4.47. The fraction of sp³-hybridized carbons (Fsp3) is 0.625. The SMILES string of the molecule is CCCCCC(=O)C(Br)=C(Br)I. The van der Waals surface area contributed by atoms with Crippen molar-refractivity contribution in [1.29, 1.82) is 0 Å². The van der Waals surface area contributed by atoms with Gasteiger partial charge in [-0.3, -0.25) is 4.79 Å². The molecule has 0 saturated heterocycles. The number of hydrogen-bond donors (Lipinski definition) is 0. The molecule has 0 spiro atoms. The van der Waals surface area contributed by atoms with Gasteiger partial charge in [0.1, 0.15) is 0 Å².